The van der Waals surface area contributed by atoms with Gasteiger partial charge in [-0.2, -0.15) is 0 Å². The van der Waals surface area contributed by atoms with Crippen LogP contribution >= 0.6 is 21.6 Å². The third kappa shape index (κ3) is 5.13. The number of rotatable bonds is 8. The summed E-state index contributed by atoms with van der Waals surface area (Å²) in [7, 11) is 2.76. The highest BCUT2D eigenvalue weighted by molar-refractivity contribution is 8.76. The van der Waals surface area contributed by atoms with Gasteiger partial charge in [0.05, 0.1) is 11.6 Å². The Morgan fingerprint density at radius 1 is 1.41 bits per heavy atom. The summed E-state index contributed by atoms with van der Waals surface area (Å²) in [6.07, 6.45) is 3.76. The highest BCUT2D eigenvalue weighted by atomic mass is 33.1. The predicted octanol–water partition coefficient (Wildman–Crippen LogP) is 2.30. The molecule has 1 aromatic carbocycles. The summed E-state index contributed by atoms with van der Waals surface area (Å²) in [5.41, 5.74) is 6.80. The number of fused-ring (bicyclic) bond motifs is 1. The van der Waals surface area contributed by atoms with Crippen LogP contribution in [-0.2, 0) is 9.53 Å². The van der Waals surface area contributed by atoms with E-state index < -0.39 is 12.0 Å². The molecule has 27 heavy (non-hydrogen) atoms. The quantitative estimate of drug-likeness (QED) is 0.571. The Bertz CT molecular complexity index is 827. The molecular weight excluding hydrogens is 386 g/mol. The Kier molecular flexibility index (Phi) is 6.95. The lowest BCUT2D eigenvalue weighted by Crippen LogP contribution is -2.32. The van der Waals surface area contributed by atoms with Gasteiger partial charge in [-0.25, -0.2) is 0 Å². The lowest BCUT2D eigenvalue weighted by molar-refractivity contribution is -0.137. The molecule has 1 aliphatic heterocycles. The van der Waals surface area contributed by atoms with Gasteiger partial charge in [0.1, 0.15) is 6.04 Å². The number of hydrogen-bond acceptors (Lipinski definition) is 7. The van der Waals surface area contributed by atoms with Gasteiger partial charge in [-0.3, -0.25) is 14.6 Å². The largest absolute Gasteiger partial charge is 0.480 e. The van der Waals surface area contributed by atoms with Crippen molar-refractivity contribution in [1.82, 2.24) is 10.3 Å². The monoisotopic (exact) mass is 407 g/mol. The summed E-state index contributed by atoms with van der Waals surface area (Å²) in [6.45, 7) is 1.25. The molecule has 0 spiro atoms. The molecule has 1 amide bonds. The van der Waals surface area contributed by atoms with E-state index in [0.717, 1.165) is 29.7 Å². The number of carbonyl (C=O) groups is 2. The molecule has 0 bridgehead atoms. The maximum Gasteiger partial charge on any atom is 0.321 e. The van der Waals surface area contributed by atoms with Gasteiger partial charge in [-0.1, -0.05) is 27.7 Å². The maximum atomic E-state index is 12.6. The Morgan fingerprint density at radius 3 is 3.00 bits per heavy atom. The number of amides is 1. The van der Waals surface area contributed by atoms with Gasteiger partial charge in [-0.15, -0.1) is 0 Å². The second kappa shape index (κ2) is 9.41. The Labute approximate surface area is 164 Å². The van der Waals surface area contributed by atoms with Crippen LogP contribution in [0.1, 0.15) is 23.2 Å². The third-order valence-corrected chi connectivity index (χ3v) is 6.63. The number of carbonyl (C=O) groups excluding carboxylic acids is 1. The van der Waals surface area contributed by atoms with Crippen LogP contribution in [0.2, 0.25) is 0 Å². The zero-order valence-corrected chi connectivity index (χ0v) is 16.2. The second-order valence-corrected chi connectivity index (χ2v) is 8.55. The van der Waals surface area contributed by atoms with Crippen molar-refractivity contribution in [2.24, 2.45) is 5.73 Å². The van der Waals surface area contributed by atoms with Crippen molar-refractivity contribution in [2.75, 3.05) is 18.9 Å². The summed E-state index contributed by atoms with van der Waals surface area (Å²) >= 11 is 0. The van der Waals surface area contributed by atoms with Crippen molar-refractivity contribution < 1.29 is 19.4 Å². The van der Waals surface area contributed by atoms with Crippen LogP contribution in [0.5, 0.6) is 0 Å². The summed E-state index contributed by atoms with van der Waals surface area (Å²) < 4.78 is 5.54. The SMILES string of the molecule is N[C@@H](CSSc1ccc(C(=O)NCC2CCCO2)c2cccnc12)C(=O)O. The van der Waals surface area contributed by atoms with E-state index in [1.165, 1.54) is 21.6 Å². The summed E-state index contributed by atoms with van der Waals surface area (Å²) in [5, 5.41) is 12.6. The highest BCUT2D eigenvalue weighted by Crippen LogP contribution is 2.36. The molecule has 0 saturated carbocycles. The van der Waals surface area contributed by atoms with Crippen molar-refractivity contribution in [3.05, 3.63) is 36.0 Å². The number of hydrogen-bond donors (Lipinski definition) is 3. The number of benzene rings is 1. The van der Waals surface area contributed by atoms with Gasteiger partial charge in [0, 0.05) is 40.9 Å². The van der Waals surface area contributed by atoms with Crippen LogP contribution in [0, 0.1) is 0 Å². The first-order valence-corrected chi connectivity index (χ1v) is 10.9. The average Bonchev–Trinajstić information content (AvgIpc) is 3.19. The molecule has 1 aromatic heterocycles. The molecule has 3 rings (SSSR count). The van der Waals surface area contributed by atoms with Crippen molar-refractivity contribution >= 4 is 44.4 Å². The Morgan fingerprint density at radius 2 is 2.26 bits per heavy atom. The number of carboxylic acid groups (broad SMARTS) is 1. The minimum absolute atomic E-state index is 0.0861. The molecule has 7 nitrogen and oxygen atoms in total. The molecule has 144 valence electrons. The van der Waals surface area contributed by atoms with E-state index in [1.807, 2.05) is 12.1 Å². The zero-order valence-electron chi connectivity index (χ0n) is 14.6. The van der Waals surface area contributed by atoms with Gasteiger partial charge in [0.2, 0.25) is 0 Å². The fraction of sp³-hybridized carbons (Fsp3) is 0.389. The number of nitrogens with one attached hydrogen (secondary N) is 1. The number of aromatic nitrogens is 1. The number of carboxylic acids is 1. The van der Waals surface area contributed by atoms with E-state index in [9.17, 15) is 9.59 Å². The molecular formula is C18H21N3O4S2. The first-order chi connectivity index (χ1) is 13.1. The normalized spacial score (nSPS) is 17.7. The molecule has 0 radical (unpaired) electrons. The van der Waals surface area contributed by atoms with Crippen molar-refractivity contribution in [3.8, 4) is 0 Å². The Hall–Kier alpha value is -1.81. The summed E-state index contributed by atoms with van der Waals surface area (Å²) in [6, 6.07) is 6.35. The van der Waals surface area contributed by atoms with Crippen LogP contribution in [-0.4, -0.2) is 53.0 Å². The van der Waals surface area contributed by atoms with Crippen LogP contribution in [0.25, 0.3) is 10.9 Å². The number of nitrogens with zero attached hydrogens (tertiary/aromatic N) is 1. The zero-order chi connectivity index (χ0) is 19.2. The highest BCUT2D eigenvalue weighted by Gasteiger charge is 2.19. The number of ether oxygens (including phenoxy) is 1. The maximum absolute atomic E-state index is 12.6. The lowest BCUT2D eigenvalue weighted by atomic mass is 10.1. The molecule has 0 aliphatic carbocycles. The van der Waals surface area contributed by atoms with Gasteiger partial charge < -0.3 is 20.9 Å². The van der Waals surface area contributed by atoms with Crippen molar-refractivity contribution in [3.63, 3.8) is 0 Å². The van der Waals surface area contributed by atoms with Crippen LogP contribution < -0.4 is 11.1 Å². The number of pyridine rings is 1. The molecule has 2 heterocycles. The van der Waals surface area contributed by atoms with E-state index in [0.29, 0.717) is 17.6 Å². The van der Waals surface area contributed by atoms with Gasteiger partial charge in [-0.05, 0) is 31.0 Å². The van der Waals surface area contributed by atoms with Gasteiger partial charge in [0.15, 0.2) is 0 Å². The van der Waals surface area contributed by atoms with Gasteiger partial charge in [0.25, 0.3) is 5.91 Å². The summed E-state index contributed by atoms with van der Waals surface area (Å²) in [5.74, 6) is -0.900. The molecule has 9 heteroatoms. The molecule has 1 saturated heterocycles. The average molecular weight is 408 g/mol. The van der Waals surface area contributed by atoms with E-state index in [-0.39, 0.29) is 17.8 Å². The fourth-order valence-electron chi connectivity index (χ4n) is 2.76. The molecule has 2 aromatic rings. The second-order valence-electron chi connectivity index (χ2n) is 6.17. The Balaban J connectivity index is 1.72. The minimum Gasteiger partial charge on any atom is -0.480 e. The fourth-order valence-corrected chi connectivity index (χ4v) is 5.04. The van der Waals surface area contributed by atoms with Crippen LogP contribution in [0.3, 0.4) is 0 Å². The molecule has 4 N–H and O–H groups in total. The topological polar surface area (TPSA) is 115 Å². The number of aliphatic carboxylic acids is 1. The van der Waals surface area contributed by atoms with Crippen molar-refractivity contribution in [2.45, 2.75) is 29.9 Å². The number of nitrogens with two attached hydrogens (primary N) is 1. The first kappa shape index (κ1) is 19.9. The molecule has 2 atom stereocenters. The van der Waals surface area contributed by atoms with E-state index in [1.54, 1.807) is 18.3 Å². The van der Waals surface area contributed by atoms with E-state index >= 15 is 0 Å². The minimum atomic E-state index is -1.02. The first-order valence-electron chi connectivity index (χ1n) is 8.61. The molecule has 1 unspecified atom stereocenters. The van der Waals surface area contributed by atoms with E-state index in [4.69, 9.17) is 15.6 Å². The lowest BCUT2D eigenvalue weighted by Gasteiger charge is -2.13. The standard InChI is InChI=1S/C18H21N3O4S2/c19-14(18(23)24)10-26-27-15-6-5-13(12-4-1-7-20-16(12)15)17(22)21-9-11-3-2-8-25-11/h1,4-7,11,14H,2-3,8-10,19H2,(H,21,22)(H,23,24)/t11?,14-/m0/s1. The van der Waals surface area contributed by atoms with E-state index in [2.05, 4.69) is 10.3 Å². The van der Waals surface area contributed by atoms with Crippen LogP contribution in [0.15, 0.2) is 35.4 Å². The summed E-state index contributed by atoms with van der Waals surface area (Å²) in [4.78, 5) is 28.7. The molecule has 1 fully saturated rings. The smallest absolute Gasteiger partial charge is 0.321 e. The van der Waals surface area contributed by atoms with Gasteiger partial charge >= 0.3 is 5.97 Å². The molecule has 1 aliphatic rings. The van der Waals surface area contributed by atoms with Crippen molar-refractivity contribution in [1.29, 1.82) is 0 Å². The third-order valence-electron chi connectivity index (χ3n) is 4.21. The predicted molar refractivity (Wildman–Crippen MR) is 107 cm³/mol. The van der Waals surface area contributed by atoms with Crippen LogP contribution in [0.4, 0.5) is 0 Å².